The zero-order valence-corrected chi connectivity index (χ0v) is 8.29. The first-order valence-electron chi connectivity index (χ1n) is 4.61. The Bertz CT molecular complexity index is 363. The largest absolute Gasteiger partial charge is 0.492 e. The maximum Gasteiger partial charge on any atom is 0.137 e. The van der Waals surface area contributed by atoms with Crippen molar-refractivity contribution in [3.63, 3.8) is 0 Å². The molecule has 2 nitrogen and oxygen atoms in total. The number of nitriles is 1. The zero-order chi connectivity index (χ0) is 10.4. The second-order valence-electron chi connectivity index (χ2n) is 2.92. The molecule has 0 spiro atoms. The molecule has 14 heavy (non-hydrogen) atoms. The topological polar surface area (TPSA) is 33.0 Å². The van der Waals surface area contributed by atoms with Gasteiger partial charge in [-0.1, -0.05) is 25.6 Å². The van der Waals surface area contributed by atoms with Crippen LogP contribution in [0.25, 0.3) is 6.08 Å². The number of hydrogen-bond acceptors (Lipinski definition) is 2. The molecule has 1 aromatic carbocycles. The van der Waals surface area contributed by atoms with Crippen molar-refractivity contribution in [2.24, 2.45) is 0 Å². The zero-order valence-electron chi connectivity index (χ0n) is 8.29. The molecule has 0 saturated heterocycles. The minimum absolute atomic E-state index is 0.566. The third kappa shape index (κ3) is 2.37. The Kier molecular flexibility index (Phi) is 3.75. The summed E-state index contributed by atoms with van der Waals surface area (Å²) in [5.41, 5.74) is 1.50. The van der Waals surface area contributed by atoms with Crippen LogP contribution in [0.2, 0.25) is 0 Å². The third-order valence-corrected chi connectivity index (χ3v) is 1.82. The van der Waals surface area contributed by atoms with Crippen LogP contribution >= 0.6 is 0 Å². The second kappa shape index (κ2) is 5.08. The van der Waals surface area contributed by atoms with Crippen molar-refractivity contribution in [1.82, 2.24) is 0 Å². The Labute approximate surface area is 84.4 Å². The van der Waals surface area contributed by atoms with Crippen molar-refractivity contribution >= 4 is 6.08 Å². The molecule has 0 saturated carbocycles. The number of rotatable bonds is 4. The first kappa shape index (κ1) is 10.3. The molecule has 0 aliphatic rings. The smallest absolute Gasteiger partial charge is 0.137 e. The molecule has 72 valence electrons. The third-order valence-electron chi connectivity index (χ3n) is 1.82. The van der Waals surface area contributed by atoms with Crippen molar-refractivity contribution in [3.05, 3.63) is 35.9 Å². The quantitative estimate of drug-likeness (QED) is 0.726. The van der Waals surface area contributed by atoms with Crippen LogP contribution < -0.4 is 4.74 Å². The molecular formula is C12H13NO. The van der Waals surface area contributed by atoms with Crippen molar-refractivity contribution < 1.29 is 4.74 Å². The van der Waals surface area contributed by atoms with Crippen molar-refractivity contribution in [2.75, 3.05) is 6.61 Å². The average molecular weight is 187 g/mol. The van der Waals surface area contributed by atoms with Crippen LogP contribution in [0.4, 0.5) is 0 Å². The van der Waals surface area contributed by atoms with Gasteiger partial charge in [0.05, 0.1) is 12.2 Å². The number of ether oxygens (including phenoxy) is 1. The summed E-state index contributed by atoms with van der Waals surface area (Å²) in [4.78, 5) is 0. The Morgan fingerprint density at radius 2 is 2.36 bits per heavy atom. The minimum atomic E-state index is 0.566. The van der Waals surface area contributed by atoms with Crippen molar-refractivity contribution in [1.29, 1.82) is 5.26 Å². The lowest BCUT2D eigenvalue weighted by Gasteiger charge is -2.06. The molecule has 0 aliphatic heterocycles. The maximum absolute atomic E-state index is 8.87. The highest BCUT2D eigenvalue weighted by Gasteiger charge is 2.02. The van der Waals surface area contributed by atoms with Crippen LogP contribution in [-0.2, 0) is 0 Å². The van der Waals surface area contributed by atoms with E-state index in [2.05, 4.69) is 12.6 Å². The van der Waals surface area contributed by atoms with Gasteiger partial charge in [-0.15, -0.1) is 0 Å². The summed E-state index contributed by atoms with van der Waals surface area (Å²) in [5.74, 6) is 0.653. The first-order valence-corrected chi connectivity index (χ1v) is 4.61. The minimum Gasteiger partial charge on any atom is -0.492 e. The summed E-state index contributed by atoms with van der Waals surface area (Å²) in [6, 6.07) is 7.58. The van der Waals surface area contributed by atoms with E-state index in [-0.39, 0.29) is 0 Å². The normalized spacial score (nSPS) is 9.14. The second-order valence-corrected chi connectivity index (χ2v) is 2.92. The van der Waals surface area contributed by atoms with Gasteiger partial charge >= 0.3 is 0 Å². The van der Waals surface area contributed by atoms with Crippen molar-refractivity contribution in [3.8, 4) is 11.8 Å². The van der Waals surface area contributed by atoms with E-state index in [0.717, 1.165) is 12.0 Å². The molecule has 0 aliphatic carbocycles. The first-order chi connectivity index (χ1) is 6.81. The average Bonchev–Trinajstić information content (AvgIpc) is 2.26. The Hall–Kier alpha value is -1.75. The van der Waals surface area contributed by atoms with Gasteiger partial charge in [-0.3, -0.25) is 0 Å². The van der Waals surface area contributed by atoms with Crippen LogP contribution in [0, 0.1) is 11.3 Å². The van der Waals surface area contributed by atoms with Crippen LogP contribution in [0.1, 0.15) is 24.5 Å². The fourth-order valence-corrected chi connectivity index (χ4v) is 1.10. The monoisotopic (exact) mass is 187 g/mol. The highest BCUT2D eigenvalue weighted by molar-refractivity contribution is 5.55. The fraction of sp³-hybridized carbons (Fsp3) is 0.250. The highest BCUT2D eigenvalue weighted by atomic mass is 16.5. The van der Waals surface area contributed by atoms with E-state index in [0.29, 0.717) is 17.9 Å². The molecule has 0 atom stereocenters. The summed E-state index contributed by atoms with van der Waals surface area (Å²) >= 11 is 0. The van der Waals surface area contributed by atoms with E-state index in [1.54, 1.807) is 12.1 Å². The Morgan fingerprint density at radius 1 is 1.57 bits per heavy atom. The Balaban J connectivity index is 2.94. The number of hydrogen-bond donors (Lipinski definition) is 0. The van der Waals surface area contributed by atoms with Gasteiger partial charge in [0.15, 0.2) is 0 Å². The molecule has 1 aromatic rings. The van der Waals surface area contributed by atoms with Gasteiger partial charge in [-0.05, 0) is 24.1 Å². The van der Waals surface area contributed by atoms with E-state index in [1.165, 1.54) is 0 Å². The summed E-state index contributed by atoms with van der Waals surface area (Å²) in [6.07, 6.45) is 2.65. The lowest BCUT2D eigenvalue weighted by molar-refractivity contribution is 0.316. The molecule has 2 heteroatoms. The van der Waals surface area contributed by atoms with Crippen molar-refractivity contribution in [2.45, 2.75) is 13.3 Å². The van der Waals surface area contributed by atoms with E-state index < -0.39 is 0 Å². The lowest BCUT2D eigenvalue weighted by Crippen LogP contribution is -1.97. The summed E-state index contributed by atoms with van der Waals surface area (Å²) < 4.78 is 5.42. The highest BCUT2D eigenvalue weighted by Crippen LogP contribution is 2.19. The molecule has 0 radical (unpaired) electrons. The Morgan fingerprint density at radius 3 is 2.93 bits per heavy atom. The molecule has 0 unspecified atom stereocenters. The van der Waals surface area contributed by atoms with E-state index in [4.69, 9.17) is 10.00 Å². The van der Waals surface area contributed by atoms with Gasteiger partial charge in [0.2, 0.25) is 0 Å². The van der Waals surface area contributed by atoms with E-state index in [9.17, 15) is 0 Å². The van der Waals surface area contributed by atoms with Crippen LogP contribution in [-0.4, -0.2) is 6.61 Å². The fourth-order valence-electron chi connectivity index (χ4n) is 1.10. The summed E-state index contributed by atoms with van der Waals surface area (Å²) in [6.45, 7) is 6.32. The SMILES string of the molecule is C=Cc1ccc(OCCC)c(C#N)c1. The molecular weight excluding hydrogens is 174 g/mol. The van der Waals surface area contributed by atoms with Crippen LogP contribution in [0.3, 0.4) is 0 Å². The van der Waals surface area contributed by atoms with Gasteiger partial charge in [-0.25, -0.2) is 0 Å². The molecule has 0 aromatic heterocycles. The molecule has 0 bridgehead atoms. The number of nitrogens with zero attached hydrogens (tertiary/aromatic N) is 1. The van der Waals surface area contributed by atoms with Gasteiger partial charge < -0.3 is 4.74 Å². The standard InChI is InChI=1S/C12H13NO/c1-3-7-14-12-6-5-10(4-2)8-11(12)9-13/h4-6,8H,2-3,7H2,1H3. The lowest BCUT2D eigenvalue weighted by atomic mass is 10.1. The van der Waals surface area contributed by atoms with Gasteiger partial charge in [-0.2, -0.15) is 5.26 Å². The molecule has 0 amide bonds. The summed E-state index contributed by atoms with van der Waals surface area (Å²) in [5, 5.41) is 8.87. The molecule has 0 fully saturated rings. The van der Waals surface area contributed by atoms with Gasteiger partial charge in [0, 0.05) is 0 Å². The van der Waals surface area contributed by atoms with Crippen LogP contribution in [0.5, 0.6) is 5.75 Å². The van der Waals surface area contributed by atoms with Crippen LogP contribution in [0.15, 0.2) is 24.8 Å². The maximum atomic E-state index is 8.87. The predicted octanol–water partition coefficient (Wildman–Crippen LogP) is 2.99. The predicted molar refractivity (Wildman–Crippen MR) is 57.0 cm³/mol. The van der Waals surface area contributed by atoms with E-state index in [1.807, 2.05) is 19.1 Å². The number of benzene rings is 1. The molecule has 1 rings (SSSR count). The molecule has 0 N–H and O–H groups in total. The van der Waals surface area contributed by atoms with Gasteiger partial charge in [0.25, 0.3) is 0 Å². The molecule has 0 heterocycles. The van der Waals surface area contributed by atoms with Gasteiger partial charge in [0.1, 0.15) is 11.8 Å². The van der Waals surface area contributed by atoms with E-state index >= 15 is 0 Å². The summed E-state index contributed by atoms with van der Waals surface area (Å²) in [7, 11) is 0.